The van der Waals surface area contributed by atoms with Crippen molar-refractivity contribution in [3.8, 4) is 5.75 Å². The van der Waals surface area contributed by atoms with Crippen LogP contribution in [0.25, 0.3) is 0 Å². The van der Waals surface area contributed by atoms with Crippen molar-refractivity contribution in [3.63, 3.8) is 0 Å². The first kappa shape index (κ1) is 14.2. The van der Waals surface area contributed by atoms with Gasteiger partial charge in [-0.05, 0) is 24.6 Å². The van der Waals surface area contributed by atoms with E-state index in [9.17, 15) is 14.7 Å². The quantitative estimate of drug-likeness (QED) is 0.490. The molecule has 0 spiro atoms. The minimum Gasteiger partial charge on any atom is -0.507 e. The lowest BCUT2D eigenvalue weighted by Gasteiger charge is -2.15. The van der Waals surface area contributed by atoms with Crippen molar-refractivity contribution in [1.29, 1.82) is 0 Å². The van der Waals surface area contributed by atoms with E-state index in [1.54, 1.807) is 6.07 Å². The minimum atomic E-state index is -0.704. The fourth-order valence-corrected chi connectivity index (χ4v) is 1.55. The number of methoxy groups -OCH3 is 1. The molecule has 0 saturated heterocycles. The van der Waals surface area contributed by atoms with Crippen LogP contribution in [0.2, 0.25) is 0 Å². The van der Waals surface area contributed by atoms with Crippen LogP contribution < -0.4 is 0 Å². The Hall–Kier alpha value is -1.88. The maximum Gasteiger partial charge on any atom is 0.304 e. The zero-order valence-electron chi connectivity index (χ0n) is 10.6. The molecule has 0 aliphatic carbocycles. The number of benzene rings is 1. The lowest BCUT2D eigenvalue weighted by atomic mass is 10.1. The van der Waals surface area contributed by atoms with E-state index in [4.69, 9.17) is 9.47 Å². The molecule has 1 unspecified atom stereocenters. The third kappa shape index (κ3) is 3.85. The zero-order valence-corrected chi connectivity index (χ0v) is 10.6. The Morgan fingerprint density at radius 1 is 1.33 bits per heavy atom. The van der Waals surface area contributed by atoms with Crippen LogP contribution in [0.4, 0.5) is 0 Å². The SMILES string of the molecule is COC(Cc1ccc(C(C)=O)c(O)c1)OC(C)=O. The molecule has 0 amide bonds. The molecule has 0 heterocycles. The summed E-state index contributed by atoms with van der Waals surface area (Å²) in [5.41, 5.74) is 0.978. The van der Waals surface area contributed by atoms with Crippen molar-refractivity contribution in [2.24, 2.45) is 0 Å². The van der Waals surface area contributed by atoms with Crippen LogP contribution in [0.3, 0.4) is 0 Å². The Morgan fingerprint density at radius 2 is 2.00 bits per heavy atom. The maximum atomic E-state index is 11.1. The molecule has 5 nitrogen and oxygen atoms in total. The van der Waals surface area contributed by atoms with E-state index in [2.05, 4.69) is 0 Å². The number of carbonyl (C=O) groups excluding carboxylic acids is 2. The Balaban J connectivity index is 2.81. The Kier molecular flexibility index (Phi) is 4.85. The number of phenolic OH excluding ortho intramolecular Hbond substituents is 1. The molecule has 18 heavy (non-hydrogen) atoms. The number of hydrogen-bond acceptors (Lipinski definition) is 5. The number of aromatic hydroxyl groups is 1. The average molecular weight is 252 g/mol. The van der Waals surface area contributed by atoms with E-state index in [0.717, 1.165) is 0 Å². The highest BCUT2D eigenvalue weighted by Gasteiger charge is 2.13. The van der Waals surface area contributed by atoms with Gasteiger partial charge in [-0.1, -0.05) is 6.07 Å². The monoisotopic (exact) mass is 252 g/mol. The van der Waals surface area contributed by atoms with Crippen molar-refractivity contribution >= 4 is 11.8 Å². The van der Waals surface area contributed by atoms with Crippen LogP contribution >= 0.6 is 0 Å². The predicted molar refractivity (Wildman–Crippen MR) is 64.4 cm³/mol. The molecule has 0 fully saturated rings. The normalized spacial score (nSPS) is 11.9. The predicted octanol–water partition coefficient (Wildman–Crippen LogP) is 1.67. The number of ketones is 1. The molecule has 0 radical (unpaired) electrons. The molecule has 0 aliphatic heterocycles. The van der Waals surface area contributed by atoms with Crippen LogP contribution in [0.5, 0.6) is 5.75 Å². The molecule has 1 aromatic rings. The second-order valence-corrected chi connectivity index (χ2v) is 3.89. The first-order valence-electron chi connectivity index (χ1n) is 5.47. The maximum absolute atomic E-state index is 11.1. The number of rotatable bonds is 5. The van der Waals surface area contributed by atoms with Crippen LogP contribution in [-0.2, 0) is 20.7 Å². The van der Waals surface area contributed by atoms with Gasteiger partial charge >= 0.3 is 5.97 Å². The first-order chi connectivity index (χ1) is 8.43. The largest absolute Gasteiger partial charge is 0.507 e. The molecule has 1 N–H and O–H groups in total. The molecule has 0 bridgehead atoms. The van der Waals surface area contributed by atoms with Gasteiger partial charge < -0.3 is 14.6 Å². The number of Topliss-reactive ketones (excluding diaryl/α,β-unsaturated/α-hetero) is 1. The summed E-state index contributed by atoms with van der Waals surface area (Å²) in [6, 6.07) is 4.69. The van der Waals surface area contributed by atoms with Crippen molar-refractivity contribution in [1.82, 2.24) is 0 Å². The van der Waals surface area contributed by atoms with Gasteiger partial charge in [0.2, 0.25) is 6.29 Å². The summed E-state index contributed by atoms with van der Waals surface area (Å²) in [5, 5.41) is 9.66. The van der Waals surface area contributed by atoms with Crippen molar-refractivity contribution in [2.45, 2.75) is 26.6 Å². The molecule has 1 aromatic carbocycles. The third-order valence-electron chi connectivity index (χ3n) is 2.40. The molecular weight excluding hydrogens is 236 g/mol. The fraction of sp³-hybridized carbons (Fsp3) is 0.385. The van der Waals surface area contributed by atoms with E-state index in [1.807, 2.05) is 0 Å². The smallest absolute Gasteiger partial charge is 0.304 e. The van der Waals surface area contributed by atoms with E-state index >= 15 is 0 Å². The Labute approximate surface area is 105 Å². The molecule has 0 saturated carbocycles. The lowest BCUT2D eigenvalue weighted by molar-refractivity contribution is -0.170. The lowest BCUT2D eigenvalue weighted by Crippen LogP contribution is -2.21. The van der Waals surface area contributed by atoms with E-state index in [-0.39, 0.29) is 17.1 Å². The van der Waals surface area contributed by atoms with Gasteiger partial charge in [-0.3, -0.25) is 9.59 Å². The molecule has 1 rings (SSSR count). The van der Waals surface area contributed by atoms with Crippen LogP contribution in [0, 0.1) is 0 Å². The summed E-state index contributed by atoms with van der Waals surface area (Å²) in [4.78, 5) is 22.0. The highest BCUT2D eigenvalue weighted by atomic mass is 16.7. The van der Waals surface area contributed by atoms with Crippen LogP contribution in [-0.4, -0.2) is 30.3 Å². The van der Waals surface area contributed by atoms with Gasteiger partial charge in [-0.15, -0.1) is 0 Å². The highest BCUT2D eigenvalue weighted by molar-refractivity contribution is 5.96. The second-order valence-electron chi connectivity index (χ2n) is 3.89. The van der Waals surface area contributed by atoms with E-state index < -0.39 is 12.3 Å². The summed E-state index contributed by atoms with van der Waals surface area (Å²) in [6.07, 6.45) is -0.396. The van der Waals surface area contributed by atoms with Gasteiger partial charge in [-0.2, -0.15) is 0 Å². The summed E-state index contributed by atoms with van der Waals surface area (Å²) >= 11 is 0. The summed E-state index contributed by atoms with van der Waals surface area (Å²) in [5.74, 6) is -0.730. The Bertz CT molecular complexity index is 453. The van der Waals surface area contributed by atoms with Crippen molar-refractivity contribution in [2.75, 3.05) is 7.11 Å². The standard InChI is InChI=1S/C13H16O5/c1-8(14)11-5-4-10(6-12(11)16)7-13(17-3)18-9(2)15/h4-6,13,16H,7H2,1-3H3. The zero-order chi connectivity index (χ0) is 13.7. The van der Waals surface area contributed by atoms with Crippen molar-refractivity contribution < 1.29 is 24.2 Å². The minimum absolute atomic E-state index is 0.0855. The van der Waals surface area contributed by atoms with Gasteiger partial charge in [0.15, 0.2) is 5.78 Å². The summed E-state index contributed by atoms with van der Waals surface area (Å²) < 4.78 is 9.90. The molecule has 98 valence electrons. The number of esters is 1. The second kappa shape index (κ2) is 6.16. The van der Waals surface area contributed by atoms with Gasteiger partial charge in [0.25, 0.3) is 0 Å². The van der Waals surface area contributed by atoms with Gasteiger partial charge in [0.1, 0.15) is 5.75 Å². The number of carbonyl (C=O) groups is 2. The van der Waals surface area contributed by atoms with Crippen LogP contribution in [0.15, 0.2) is 18.2 Å². The van der Waals surface area contributed by atoms with Crippen LogP contribution in [0.1, 0.15) is 29.8 Å². The summed E-state index contributed by atoms with van der Waals surface area (Å²) in [7, 11) is 1.43. The van der Waals surface area contributed by atoms with Gasteiger partial charge in [-0.25, -0.2) is 0 Å². The molecule has 1 atom stereocenters. The molecule has 0 aliphatic rings. The molecular formula is C13H16O5. The number of hydrogen-bond donors (Lipinski definition) is 1. The van der Waals surface area contributed by atoms with E-state index in [0.29, 0.717) is 12.0 Å². The van der Waals surface area contributed by atoms with Gasteiger partial charge in [0.05, 0.1) is 5.56 Å². The fourth-order valence-electron chi connectivity index (χ4n) is 1.55. The topological polar surface area (TPSA) is 72.8 Å². The molecule has 0 aromatic heterocycles. The number of phenols is 1. The van der Waals surface area contributed by atoms with E-state index in [1.165, 1.54) is 33.1 Å². The first-order valence-corrected chi connectivity index (χ1v) is 5.47. The van der Waals surface area contributed by atoms with Crippen molar-refractivity contribution in [3.05, 3.63) is 29.3 Å². The summed E-state index contributed by atoms with van der Waals surface area (Å²) in [6.45, 7) is 2.67. The third-order valence-corrected chi connectivity index (χ3v) is 2.40. The average Bonchev–Trinajstić information content (AvgIpc) is 2.27. The number of ether oxygens (including phenoxy) is 2. The highest BCUT2D eigenvalue weighted by Crippen LogP contribution is 2.20. The Morgan fingerprint density at radius 3 is 2.44 bits per heavy atom. The molecule has 5 heteroatoms. The van der Waals surface area contributed by atoms with Gasteiger partial charge in [0, 0.05) is 20.5 Å².